The Morgan fingerprint density at radius 2 is 1.93 bits per heavy atom. The lowest BCUT2D eigenvalue weighted by atomic mass is 10.3. The standard InChI is InChI=1S/C10H19N3O2/c11-9(14)5-7-12-6-1-2-10(15)13-8-3-4-8/h8,12H,1-7H2,(H2,11,14)(H,13,15). The van der Waals surface area contributed by atoms with Gasteiger partial charge >= 0.3 is 0 Å². The third-order valence-corrected chi connectivity index (χ3v) is 2.25. The molecule has 0 unspecified atom stereocenters. The molecular weight excluding hydrogens is 194 g/mol. The van der Waals surface area contributed by atoms with Gasteiger partial charge in [-0.2, -0.15) is 0 Å². The first-order valence-corrected chi connectivity index (χ1v) is 5.47. The highest BCUT2D eigenvalue weighted by Gasteiger charge is 2.22. The van der Waals surface area contributed by atoms with Crippen LogP contribution in [0.25, 0.3) is 0 Å². The predicted molar refractivity (Wildman–Crippen MR) is 57.1 cm³/mol. The average Bonchev–Trinajstić information content (AvgIpc) is 2.94. The van der Waals surface area contributed by atoms with Crippen LogP contribution in [0.15, 0.2) is 0 Å². The molecule has 0 heterocycles. The average molecular weight is 213 g/mol. The van der Waals surface area contributed by atoms with E-state index in [9.17, 15) is 9.59 Å². The molecule has 2 amide bonds. The number of hydrogen-bond donors (Lipinski definition) is 3. The van der Waals surface area contributed by atoms with E-state index in [0.717, 1.165) is 25.8 Å². The van der Waals surface area contributed by atoms with Crippen LogP contribution in [0.1, 0.15) is 32.1 Å². The van der Waals surface area contributed by atoms with Gasteiger partial charge in [0, 0.05) is 25.4 Å². The zero-order valence-corrected chi connectivity index (χ0v) is 8.92. The maximum atomic E-state index is 11.2. The van der Waals surface area contributed by atoms with E-state index in [1.165, 1.54) is 0 Å². The number of amides is 2. The van der Waals surface area contributed by atoms with Gasteiger partial charge in [0.1, 0.15) is 0 Å². The summed E-state index contributed by atoms with van der Waals surface area (Å²) in [6.45, 7) is 1.35. The zero-order chi connectivity index (χ0) is 11.1. The van der Waals surface area contributed by atoms with Crippen molar-refractivity contribution in [2.45, 2.75) is 38.1 Å². The lowest BCUT2D eigenvalue weighted by Gasteiger charge is -2.04. The van der Waals surface area contributed by atoms with E-state index < -0.39 is 0 Å². The molecule has 0 bridgehead atoms. The first-order valence-electron chi connectivity index (χ1n) is 5.47. The van der Waals surface area contributed by atoms with Crippen molar-refractivity contribution in [2.24, 2.45) is 5.73 Å². The van der Waals surface area contributed by atoms with E-state index in [-0.39, 0.29) is 11.8 Å². The number of hydrogen-bond acceptors (Lipinski definition) is 3. The number of carbonyl (C=O) groups excluding carboxylic acids is 2. The minimum atomic E-state index is -0.297. The molecular formula is C10H19N3O2. The van der Waals surface area contributed by atoms with Crippen molar-refractivity contribution in [2.75, 3.05) is 13.1 Å². The molecule has 0 aliphatic heterocycles. The van der Waals surface area contributed by atoms with Gasteiger partial charge < -0.3 is 16.4 Å². The topological polar surface area (TPSA) is 84.2 Å². The molecule has 1 saturated carbocycles. The summed E-state index contributed by atoms with van der Waals surface area (Å²) in [6.07, 6.45) is 3.97. The Labute approximate surface area is 89.8 Å². The molecule has 5 heteroatoms. The molecule has 1 fully saturated rings. The predicted octanol–water partition coefficient (Wildman–Crippen LogP) is -0.490. The maximum Gasteiger partial charge on any atom is 0.220 e. The Morgan fingerprint density at radius 1 is 1.20 bits per heavy atom. The summed E-state index contributed by atoms with van der Waals surface area (Å²) in [5.74, 6) is -0.164. The van der Waals surface area contributed by atoms with Crippen LogP contribution in [0.4, 0.5) is 0 Å². The Morgan fingerprint density at radius 3 is 2.53 bits per heavy atom. The van der Waals surface area contributed by atoms with Crippen molar-refractivity contribution in [1.29, 1.82) is 0 Å². The summed E-state index contributed by atoms with van der Waals surface area (Å²) in [6, 6.07) is 0.445. The van der Waals surface area contributed by atoms with E-state index >= 15 is 0 Å². The molecule has 0 saturated heterocycles. The second-order valence-corrected chi connectivity index (χ2v) is 3.91. The van der Waals surface area contributed by atoms with Crippen LogP contribution in [0.5, 0.6) is 0 Å². The van der Waals surface area contributed by atoms with Crippen LogP contribution in [0.3, 0.4) is 0 Å². The molecule has 0 aromatic carbocycles. The van der Waals surface area contributed by atoms with Gasteiger partial charge in [0.05, 0.1) is 0 Å². The first kappa shape index (κ1) is 12.0. The van der Waals surface area contributed by atoms with Crippen LogP contribution in [0.2, 0.25) is 0 Å². The number of rotatable bonds is 8. The van der Waals surface area contributed by atoms with Gasteiger partial charge in [-0.1, -0.05) is 0 Å². The van der Waals surface area contributed by atoms with E-state index in [0.29, 0.717) is 25.4 Å². The molecule has 86 valence electrons. The van der Waals surface area contributed by atoms with Crippen molar-refractivity contribution in [3.8, 4) is 0 Å². The normalized spacial score (nSPS) is 14.9. The van der Waals surface area contributed by atoms with E-state index in [4.69, 9.17) is 5.73 Å². The Balaban J connectivity index is 1.83. The van der Waals surface area contributed by atoms with Crippen LogP contribution < -0.4 is 16.4 Å². The lowest BCUT2D eigenvalue weighted by Crippen LogP contribution is -2.27. The minimum absolute atomic E-state index is 0.134. The number of nitrogens with one attached hydrogen (secondary N) is 2. The molecule has 1 aliphatic rings. The SMILES string of the molecule is NC(=O)CCNCCCC(=O)NC1CC1. The van der Waals surface area contributed by atoms with E-state index in [2.05, 4.69) is 10.6 Å². The third kappa shape index (κ3) is 6.90. The fourth-order valence-corrected chi connectivity index (χ4v) is 1.24. The van der Waals surface area contributed by atoms with Crippen LogP contribution in [0, 0.1) is 0 Å². The summed E-state index contributed by atoms with van der Waals surface area (Å²) in [4.78, 5) is 21.6. The molecule has 0 spiro atoms. The second kappa shape index (κ2) is 6.40. The van der Waals surface area contributed by atoms with Crippen LogP contribution in [-0.4, -0.2) is 30.9 Å². The van der Waals surface area contributed by atoms with Crippen LogP contribution >= 0.6 is 0 Å². The van der Waals surface area contributed by atoms with Crippen molar-refractivity contribution in [3.63, 3.8) is 0 Å². The largest absolute Gasteiger partial charge is 0.370 e. The van der Waals surface area contributed by atoms with Crippen molar-refractivity contribution in [3.05, 3.63) is 0 Å². The number of nitrogens with two attached hydrogens (primary N) is 1. The fraction of sp³-hybridized carbons (Fsp3) is 0.800. The van der Waals surface area contributed by atoms with Gasteiger partial charge in [0.25, 0.3) is 0 Å². The van der Waals surface area contributed by atoms with Gasteiger partial charge in [-0.25, -0.2) is 0 Å². The quantitative estimate of drug-likeness (QED) is 0.476. The van der Waals surface area contributed by atoms with Crippen LogP contribution in [-0.2, 0) is 9.59 Å². The molecule has 0 radical (unpaired) electrons. The molecule has 15 heavy (non-hydrogen) atoms. The Bertz CT molecular complexity index is 227. The second-order valence-electron chi connectivity index (χ2n) is 3.91. The third-order valence-electron chi connectivity index (χ3n) is 2.25. The highest BCUT2D eigenvalue weighted by atomic mass is 16.2. The molecule has 5 nitrogen and oxygen atoms in total. The molecule has 1 aliphatic carbocycles. The summed E-state index contributed by atoms with van der Waals surface area (Å²) >= 11 is 0. The van der Waals surface area contributed by atoms with Gasteiger partial charge in [-0.15, -0.1) is 0 Å². The molecule has 1 rings (SSSR count). The summed E-state index contributed by atoms with van der Waals surface area (Å²) in [5, 5.41) is 5.98. The van der Waals surface area contributed by atoms with Gasteiger partial charge in [-0.05, 0) is 25.8 Å². The Kier molecular flexibility index (Phi) is 5.10. The first-order chi connectivity index (χ1) is 7.18. The molecule has 4 N–H and O–H groups in total. The smallest absolute Gasteiger partial charge is 0.220 e. The van der Waals surface area contributed by atoms with Crippen molar-refractivity contribution < 1.29 is 9.59 Å². The monoisotopic (exact) mass is 213 g/mol. The summed E-state index contributed by atoms with van der Waals surface area (Å²) < 4.78 is 0. The summed E-state index contributed by atoms with van der Waals surface area (Å²) in [5.41, 5.74) is 4.97. The van der Waals surface area contributed by atoms with Gasteiger partial charge in [0.2, 0.25) is 11.8 Å². The highest BCUT2D eigenvalue weighted by Crippen LogP contribution is 2.18. The maximum absolute atomic E-state index is 11.2. The fourth-order valence-electron chi connectivity index (χ4n) is 1.24. The number of primary amides is 1. The van der Waals surface area contributed by atoms with Gasteiger partial charge in [-0.3, -0.25) is 9.59 Å². The van der Waals surface area contributed by atoms with Crippen molar-refractivity contribution in [1.82, 2.24) is 10.6 Å². The highest BCUT2D eigenvalue weighted by molar-refractivity contribution is 5.76. The molecule has 0 aromatic rings. The molecule has 0 atom stereocenters. The lowest BCUT2D eigenvalue weighted by molar-refractivity contribution is -0.121. The number of carbonyl (C=O) groups is 2. The van der Waals surface area contributed by atoms with Crippen molar-refractivity contribution >= 4 is 11.8 Å². The zero-order valence-electron chi connectivity index (χ0n) is 8.92. The van der Waals surface area contributed by atoms with E-state index in [1.807, 2.05) is 0 Å². The Hall–Kier alpha value is -1.10. The van der Waals surface area contributed by atoms with E-state index in [1.54, 1.807) is 0 Å². The molecule has 0 aromatic heterocycles. The van der Waals surface area contributed by atoms with Gasteiger partial charge in [0.15, 0.2) is 0 Å². The minimum Gasteiger partial charge on any atom is -0.370 e. The summed E-state index contributed by atoms with van der Waals surface area (Å²) in [7, 11) is 0.